The summed E-state index contributed by atoms with van der Waals surface area (Å²) in [5.41, 5.74) is 2.24. The summed E-state index contributed by atoms with van der Waals surface area (Å²) in [7, 11) is 0. The van der Waals surface area contributed by atoms with E-state index in [9.17, 15) is 0 Å². The highest BCUT2D eigenvalue weighted by Gasteiger charge is 2.09. The van der Waals surface area contributed by atoms with E-state index in [1.165, 1.54) is 5.56 Å². The minimum absolute atomic E-state index is 0.641. The predicted molar refractivity (Wildman–Crippen MR) is 81.6 cm³/mol. The molecule has 0 amide bonds. The molecule has 2 rings (SSSR count). The molecule has 0 aliphatic carbocycles. The lowest BCUT2D eigenvalue weighted by Gasteiger charge is -2.04. The fraction of sp³-hybridized carbons (Fsp3) is 0.429. The number of nitrogens with zero attached hydrogens (tertiary/aromatic N) is 2. The van der Waals surface area contributed by atoms with Gasteiger partial charge in [-0.1, -0.05) is 42.9 Å². The van der Waals surface area contributed by atoms with E-state index < -0.39 is 0 Å². The zero-order chi connectivity index (χ0) is 13.8. The number of aryl methyl sites for hydroxylation is 1. The van der Waals surface area contributed by atoms with Gasteiger partial charge in [0.25, 0.3) is 0 Å². The second-order valence-electron chi connectivity index (χ2n) is 4.98. The third-order valence-corrected chi connectivity index (χ3v) is 3.92. The van der Waals surface area contributed by atoms with Crippen LogP contribution in [0.5, 0.6) is 0 Å². The summed E-state index contributed by atoms with van der Waals surface area (Å²) in [6.45, 7) is 8.20. The highest BCUT2D eigenvalue weighted by Crippen LogP contribution is 2.28. The van der Waals surface area contributed by atoms with Crippen molar-refractivity contribution < 1.29 is 0 Å². The van der Waals surface area contributed by atoms with Crippen LogP contribution in [0.25, 0.3) is 10.6 Å². The Morgan fingerprint density at radius 3 is 2.84 bits per heavy atom. The van der Waals surface area contributed by atoms with Crippen molar-refractivity contribution in [1.82, 2.24) is 15.5 Å². The first-order valence-electron chi connectivity index (χ1n) is 6.36. The van der Waals surface area contributed by atoms with Gasteiger partial charge in [-0.3, -0.25) is 0 Å². The molecule has 0 radical (unpaired) electrons. The zero-order valence-corrected chi connectivity index (χ0v) is 13.0. The average Bonchev–Trinajstić information content (AvgIpc) is 2.80. The number of benzene rings is 1. The number of halogens is 1. The van der Waals surface area contributed by atoms with E-state index >= 15 is 0 Å². The third-order valence-electron chi connectivity index (χ3n) is 2.73. The molecule has 0 saturated heterocycles. The van der Waals surface area contributed by atoms with Crippen LogP contribution in [0.3, 0.4) is 0 Å². The number of hydrogen-bond acceptors (Lipinski definition) is 4. The van der Waals surface area contributed by atoms with Crippen molar-refractivity contribution in [2.24, 2.45) is 5.92 Å². The van der Waals surface area contributed by atoms with Crippen LogP contribution in [-0.4, -0.2) is 16.7 Å². The third kappa shape index (κ3) is 4.00. The van der Waals surface area contributed by atoms with Gasteiger partial charge in [0, 0.05) is 17.1 Å². The Kier molecular flexibility index (Phi) is 4.91. The van der Waals surface area contributed by atoms with E-state index in [1.54, 1.807) is 11.3 Å². The van der Waals surface area contributed by atoms with Crippen molar-refractivity contribution in [3.8, 4) is 10.6 Å². The normalized spacial score (nSPS) is 11.2. The van der Waals surface area contributed by atoms with E-state index in [0.717, 1.165) is 33.7 Å². The van der Waals surface area contributed by atoms with Gasteiger partial charge in [-0.25, -0.2) is 0 Å². The fourth-order valence-corrected chi connectivity index (χ4v) is 2.79. The first kappa shape index (κ1) is 14.4. The summed E-state index contributed by atoms with van der Waals surface area (Å²) in [5.74, 6) is 0.641. The Labute approximate surface area is 123 Å². The minimum atomic E-state index is 0.641. The largest absolute Gasteiger partial charge is 0.310 e. The van der Waals surface area contributed by atoms with Crippen LogP contribution in [-0.2, 0) is 6.54 Å². The molecule has 0 spiro atoms. The standard InChI is InChI=1S/C14H18ClN3S/c1-9(2)7-16-8-13-17-18-14(19-13)12-6-11(15)5-4-10(12)3/h4-6,9,16H,7-8H2,1-3H3. The molecule has 5 heteroatoms. The fourth-order valence-electron chi connectivity index (χ4n) is 1.73. The van der Waals surface area contributed by atoms with Crippen molar-refractivity contribution in [2.45, 2.75) is 27.3 Å². The summed E-state index contributed by atoms with van der Waals surface area (Å²) >= 11 is 7.65. The van der Waals surface area contributed by atoms with Crippen molar-refractivity contribution >= 4 is 22.9 Å². The summed E-state index contributed by atoms with van der Waals surface area (Å²) < 4.78 is 0. The van der Waals surface area contributed by atoms with Crippen LogP contribution in [0.15, 0.2) is 18.2 Å². The molecule has 0 atom stereocenters. The number of aromatic nitrogens is 2. The smallest absolute Gasteiger partial charge is 0.148 e. The van der Waals surface area contributed by atoms with Gasteiger partial charge in [-0.15, -0.1) is 10.2 Å². The number of rotatable bonds is 5. The molecular formula is C14H18ClN3S. The molecule has 1 N–H and O–H groups in total. The molecular weight excluding hydrogens is 278 g/mol. The van der Waals surface area contributed by atoms with Gasteiger partial charge in [0.1, 0.15) is 10.0 Å². The van der Waals surface area contributed by atoms with Gasteiger partial charge in [0.15, 0.2) is 0 Å². The minimum Gasteiger partial charge on any atom is -0.310 e. The Morgan fingerprint density at radius 1 is 1.32 bits per heavy atom. The lowest BCUT2D eigenvalue weighted by atomic mass is 10.1. The van der Waals surface area contributed by atoms with Crippen LogP contribution in [0.1, 0.15) is 24.4 Å². The summed E-state index contributed by atoms with van der Waals surface area (Å²) in [5, 5.41) is 14.5. The van der Waals surface area contributed by atoms with E-state index in [-0.39, 0.29) is 0 Å². The summed E-state index contributed by atoms with van der Waals surface area (Å²) in [6.07, 6.45) is 0. The molecule has 3 nitrogen and oxygen atoms in total. The lowest BCUT2D eigenvalue weighted by Crippen LogP contribution is -2.18. The molecule has 0 saturated carbocycles. The zero-order valence-electron chi connectivity index (χ0n) is 11.4. The predicted octanol–water partition coefficient (Wildman–Crippen LogP) is 3.91. The van der Waals surface area contributed by atoms with Gasteiger partial charge in [0.05, 0.1) is 0 Å². The van der Waals surface area contributed by atoms with Gasteiger partial charge in [0.2, 0.25) is 0 Å². The molecule has 0 bridgehead atoms. The van der Waals surface area contributed by atoms with Crippen molar-refractivity contribution in [3.05, 3.63) is 33.8 Å². The molecule has 19 heavy (non-hydrogen) atoms. The van der Waals surface area contributed by atoms with Gasteiger partial charge in [-0.2, -0.15) is 0 Å². The maximum absolute atomic E-state index is 6.04. The molecule has 2 aromatic rings. The van der Waals surface area contributed by atoms with Gasteiger partial charge in [-0.05, 0) is 37.1 Å². The molecule has 102 valence electrons. The molecule has 0 unspecified atom stereocenters. The topological polar surface area (TPSA) is 37.8 Å². The van der Waals surface area contributed by atoms with Crippen molar-refractivity contribution in [3.63, 3.8) is 0 Å². The second-order valence-corrected chi connectivity index (χ2v) is 6.48. The van der Waals surface area contributed by atoms with E-state index in [2.05, 4.69) is 36.3 Å². The van der Waals surface area contributed by atoms with Gasteiger partial charge < -0.3 is 5.32 Å². The Morgan fingerprint density at radius 2 is 2.11 bits per heavy atom. The maximum Gasteiger partial charge on any atom is 0.148 e. The molecule has 0 aliphatic rings. The SMILES string of the molecule is Cc1ccc(Cl)cc1-c1nnc(CNCC(C)C)s1. The molecule has 1 aromatic carbocycles. The van der Waals surface area contributed by atoms with E-state index in [4.69, 9.17) is 11.6 Å². The Bertz CT molecular complexity index is 551. The quantitative estimate of drug-likeness (QED) is 0.909. The summed E-state index contributed by atoms with van der Waals surface area (Å²) in [4.78, 5) is 0. The Balaban J connectivity index is 2.10. The van der Waals surface area contributed by atoms with Gasteiger partial charge >= 0.3 is 0 Å². The van der Waals surface area contributed by atoms with Crippen molar-refractivity contribution in [2.75, 3.05) is 6.54 Å². The van der Waals surface area contributed by atoms with Crippen molar-refractivity contribution in [1.29, 1.82) is 0 Å². The van der Waals surface area contributed by atoms with Crippen LogP contribution in [0, 0.1) is 12.8 Å². The lowest BCUT2D eigenvalue weighted by molar-refractivity contribution is 0.550. The van der Waals surface area contributed by atoms with E-state index in [0.29, 0.717) is 5.92 Å². The van der Waals surface area contributed by atoms with Crippen LogP contribution >= 0.6 is 22.9 Å². The molecule has 0 aliphatic heterocycles. The highest BCUT2D eigenvalue weighted by atomic mass is 35.5. The Hall–Kier alpha value is -0.970. The number of hydrogen-bond donors (Lipinski definition) is 1. The van der Waals surface area contributed by atoms with Crippen LogP contribution in [0.4, 0.5) is 0 Å². The molecule has 1 aromatic heterocycles. The molecule has 0 fully saturated rings. The highest BCUT2D eigenvalue weighted by molar-refractivity contribution is 7.14. The monoisotopic (exact) mass is 295 g/mol. The second kappa shape index (κ2) is 6.46. The first-order chi connectivity index (χ1) is 9.06. The first-order valence-corrected chi connectivity index (χ1v) is 7.55. The average molecular weight is 296 g/mol. The van der Waals surface area contributed by atoms with Crippen LogP contribution in [0.2, 0.25) is 5.02 Å². The van der Waals surface area contributed by atoms with E-state index in [1.807, 2.05) is 18.2 Å². The van der Waals surface area contributed by atoms with Crippen LogP contribution < -0.4 is 5.32 Å². The molecule has 1 heterocycles. The summed E-state index contributed by atoms with van der Waals surface area (Å²) in [6, 6.07) is 5.85. The maximum atomic E-state index is 6.04. The number of nitrogens with one attached hydrogen (secondary N) is 1.